The Balaban J connectivity index is 3.61. The van der Waals surface area contributed by atoms with Crippen molar-refractivity contribution in [2.24, 2.45) is 0 Å². The Labute approximate surface area is 77.5 Å². The van der Waals surface area contributed by atoms with Gasteiger partial charge in [0.15, 0.2) is 0 Å². The van der Waals surface area contributed by atoms with Gasteiger partial charge in [-0.2, -0.15) is 0 Å². The van der Waals surface area contributed by atoms with Crippen molar-refractivity contribution in [1.29, 1.82) is 0 Å². The second kappa shape index (κ2) is 6.44. The van der Waals surface area contributed by atoms with E-state index in [9.17, 15) is 0 Å². The van der Waals surface area contributed by atoms with Crippen LogP contribution in [0.4, 0.5) is 0 Å². The molecule has 0 N–H and O–H groups in total. The van der Waals surface area contributed by atoms with Gasteiger partial charge in [0.05, 0.1) is 0 Å². The van der Waals surface area contributed by atoms with E-state index < -0.39 is 0 Å². The molecule has 1 atom stereocenters. The first-order valence-corrected chi connectivity index (χ1v) is 4.83. The molecule has 1 unspecified atom stereocenters. The molecule has 0 bridgehead atoms. The highest BCUT2D eigenvalue weighted by Crippen LogP contribution is 2.02. The van der Waals surface area contributed by atoms with Gasteiger partial charge < -0.3 is 9.80 Å². The molecule has 0 aliphatic rings. The Morgan fingerprint density at radius 1 is 1.17 bits per heavy atom. The van der Waals surface area contributed by atoms with E-state index in [-0.39, 0.29) is 0 Å². The van der Waals surface area contributed by atoms with Crippen molar-refractivity contribution in [2.45, 2.75) is 26.3 Å². The van der Waals surface area contributed by atoms with E-state index in [0.29, 0.717) is 6.04 Å². The number of hydrogen-bond acceptors (Lipinski definition) is 2. The summed E-state index contributed by atoms with van der Waals surface area (Å²) in [5, 5.41) is 0. The Morgan fingerprint density at radius 2 is 1.67 bits per heavy atom. The zero-order valence-electron chi connectivity index (χ0n) is 9.01. The van der Waals surface area contributed by atoms with Crippen molar-refractivity contribution in [3.63, 3.8) is 0 Å². The Morgan fingerprint density at radius 3 is 2.00 bits per heavy atom. The van der Waals surface area contributed by atoms with Crippen molar-refractivity contribution in [1.82, 2.24) is 9.80 Å². The lowest BCUT2D eigenvalue weighted by Gasteiger charge is -2.27. The van der Waals surface area contributed by atoms with Crippen LogP contribution in [-0.2, 0) is 0 Å². The van der Waals surface area contributed by atoms with Crippen LogP contribution in [-0.4, -0.2) is 49.6 Å². The van der Waals surface area contributed by atoms with Crippen LogP contribution in [0.5, 0.6) is 0 Å². The van der Waals surface area contributed by atoms with Gasteiger partial charge >= 0.3 is 0 Å². The van der Waals surface area contributed by atoms with Crippen molar-refractivity contribution >= 4 is 0 Å². The average molecular weight is 171 g/mol. The fraction of sp³-hybridized carbons (Fsp3) is 0.900. The molecule has 0 spiro atoms. The summed E-state index contributed by atoms with van der Waals surface area (Å²) in [5.41, 5.74) is 0. The summed E-state index contributed by atoms with van der Waals surface area (Å²) in [6.07, 6.45) is 1.16. The summed E-state index contributed by atoms with van der Waals surface area (Å²) in [6, 6.07) is 0.474. The highest BCUT2D eigenvalue weighted by Gasteiger charge is 2.09. The lowest BCUT2D eigenvalue weighted by atomic mass is 10.2. The summed E-state index contributed by atoms with van der Waals surface area (Å²) < 4.78 is 0. The van der Waals surface area contributed by atoms with Crippen LogP contribution in [0.1, 0.15) is 20.3 Å². The van der Waals surface area contributed by atoms with Crippen molar-refractivity contribution in [3.05, 3.63) is 6.92 Å². The van der Waals surface area contributed by atoms with Gasteiger partial charge in [-0.15, -0.1) is 0 Å². The fourth-order valence-corrected chi connectivity index (χ4v) is 1.33. The molecule has 0 amide bonds. The largest absolute Gasteiger partial charge is 0.309 e. The third-order valence-corrected chi connectivity index (χ3v) is 2.24. The molecule has 0 fully saturated rings. The SMILES string of the molecule is [CH2]C(CCN(C)C)N(CC)CC. The molecular weight excluding hydrogens is 148 g/mol. The minimum absolute atomic E-state index is 0.474. The molecule has 12 heavy (non-hydrogen) atoms. The Hall–Kier alpha value is -0.0800. The molecule has 0 aromatic heterocycles. The van der Waals surface area contributed by atoms with Crippen LogP contribution in [0.2, 0.25) is 0 Å². The zero-order chi connectivity index (χ0) is 9.56. The maximum atomic E-state index is 4.15. The third-order valence-electron chi connectivity index (χ3n) is 2.24. The van der Waals surface area contributed by atoms with Crippen LogP contribution in [0, 0.1) is 6.92 Å². The van der Waals surface area contributed by atoms with E-state index in [2.05, 4.69) is 44.7 Å². The maximum Gasteiger partial charge on any atom is 0.0108 e. The first kappa shape index (κ1) is 11.9. The predicted molar refractivity (Wildman–Crippen MR) is 55.2 cm³/mol. The van der Waals surface area contributed by atoms with Crippen LogP contribution < -0.4 is 0 Å². The predicted octanol–water partition coefficient (Wildman–Crippen LogP) is 1.48. The quantitative estimate of drug-likeness (QED) is 0.597. The van der Waals surface area contributed by atoms with Crippen LogP contribution in [0.3, 0.4) is 0 Å². The number of nitrogens with zero attached hydrogens (tertiary/aromatic N) is 2. The van der Waals surface area contributed by atoms with Crippen molar-refractivity contribution < 1.29 is 0 Å². The van der Waals surface area contributed by atoms with E-state index >= 15 is 0 Å². The normalized spacial score (nSPS) is 14.2. The molecule has 0 aromatic rings. The van der Waals surface area contributed by atoms with E-state index in [1.807, 2.05) is 0 Å². The molecule has 0 aliphatic heterocycles. The lowest BCUT2D eigenvalue weighted by Crippen LogP contribution is -2.35. The van der Waals surface area contributed by atoms with E-state index in [1.165, 1.54) is 0 Å². The zero-order valence-corrected chi connectivity index (χ0v) is 9.01. The first-order chi connectivity index (χ1) is 5.61. The van der Waals surface area contributed by atoms with Gasteiger partial charge in [0, 0.05) is 6.04 Å². The van der Waals surface area contributed by atoms with Gasteiger partial charge in [-0.25, -0.2) is 0 Å². The summed E-state index contributed by atoms with van der Waals surface area (Å²) in [6.45, 7) is 11.9. The molecule has 0 aliphatic carbocycles. The summed E-state index contributed by atoms with van der Waals surface area (Å²) in [4.78, 5) is 4.60. The van der Waals surface area contributed by atoms with E-state index in [1.54, 1.807) is 0 Å². The standard InChI is InChI=1S/C10H23N2/c1-6-12(7-2)10(3)8-9-11(4)5/h10H,3,6-9H2,1-2,4-5H3. The summed E-state index contributed by atoms with van der Waals surface area (Å²) in [5.74, 6) is 0. The first-order valence-electron chi connectivity index (χ1n) is 4.83. The minimum Gasteiger partial charge on any atom is -0.309 e. The highest BCUT2D eigenvalue weighted by atomic mass is 15.1. The van der Waals surface area contributed by atoms with E-state index in [4.69, 9.17) is 0 Å². The highest BCUT2D eigenvalue weighted by molar-refractivity contribution is 4.72. The van der Waals surface area contributed by atoms with Gasteiger partial charge in [-0.1, -0.05) is 13.8 Å². The molecule has 0 saturated carbocycles. The van der Waals surface area contributed by atoms with Gasteiger partial charge in [0.1, 0.15) is 0 Å². The molecule has 0 aromatic carbocycles. The van der Waals surface area contributed by atoms with Gasteiger partial charge in [0.2, 0.25) is 0 Å². The molecule has 0 heterocycles. The average Bonchev–Trinajstić information content (AvgIpc) is 2.03. The molecule has 2 heteroatoms. The van der Waals surface area contributed by atoms with Crippen LogP contribution in [0.25, 0.3) is 0 Å². The minimum atomic E-state index is 0.474. The molecule has 1 radical (unpaired) electrons. The maximum absolute atomic E-state index is 4.15. The van der Waals surface area contributed by atoms with Crippen LogP contribution in [0.15, 0.2) is 0 Å². The van der Waals surface area contributed by atoms with Gasteiger partial charge in [0.25, 0.3) is 0 Å². The Kier molecular flexibility index (Phi) is 6.39. The van der Waals surface area contributed by atoms with Crippen molar-refractivity contribution in [3.8, 4) is 0 Å². The van der Waals surface area contributed by atoms with Gasteiger partial charge in [-0.05, 0) is 47.1 Å². The van der Waals surface area contributed by atoms with E-state index in [0.717, 1.165) is 26.1 Å². The summed E-state index contributed by atoms with van der Waals surface area (Å²) >= 11 is 0. The topological polar surface area (TPSA) is 6.48 Å². The third kappa shape index (κ3) is 4.73. The summed E-state index contributed by atoms with van der Waals surface area (Å²) in [7, 11) is 4.21. The van der Waals surface area contributed by atoms with Crippen molar-refractivity contribution in [2.75, 3.05) is 33.7 Å². The Bertz CT molecular complexity index is 98.0. The number of rotatable bonds is 6. The fourth-order valence-electron chi connectivity index (χ4n) is 1.33. The monoisotopic (exact) mass is 171 g/mol. The second-order valence-corrected chi connectivity index (χ2v) is 3.47. The second-order valence-electron chi connectivity index (χ2n) is 3.47. The molecule has 0 saturated heterocycles. The smallest absolute Gasteiger partial charge is 0.0108 e. The molecule has 0 rings (SSSR count). The lowest BCUT2D eigenvalue weighted by molar-refractivity contribution is 0.225. The van der Waals surface area contributed by atoms with Crippen LogP contribution >= 0.6 is 0 Å². The molecule has 2 nitrogen and oxygen atoms in total. The number of hydrogen-bond donors (Lipinski definition) is 0. The van der Waals surface area contributed by atoms with Gasteiger partial charge in [-0.3, -0.25) is 0 Å². The molecule has 73 valence electrons. The molecular formula is C10H23N2.